The normalized spacial score (nSPS) is 16.7. The summed E-state index contributed by atoms with van der Waals surface area (Å²) >= 11 is 0. The quantitative estimate of drug-likeness (QED) is 0.927. The van der Waals surface area contributed by atoms with Crippen LogP contribution in [-0.2, 0) is 6.42 Å². The Balaban J connectivity index is 1.76. The molecule has 1 aliphatic rings. The fourth-order valence-corrected chi connectivity index (χ4v) is 2.83. The summed E-state index contributed by atoms with van der Waals surface area (Å²) in [5.41, 5.74) is 2.17. The van der Waals surface area contributed by atoms with Gasteiger partial charge in [-0.1, -0.05) is 0 Å². The molecule has 2 heterocycles. The van der Waals surface area contributed by atoms with Crippen LogP contribution in [0, 0.1) is 6.92 Å². The molecule has 4 heteroatoms. The van der Waals surface area contributed by atoms with Gasteiger partial charge in [-0.15, -0.1) is 0 Å². The molecule has 0 unspecified atom stereocenters. The number of hydrogen-bond acceptors (Lipinski definition) is 4. The molecule has 108 valence electrons. The highest BCUT2D eigenvalue weighted by atomic mass is 16.5. The van der Waals surface area contributed by atoms with E-state index in [1.54, 1.807) is 7.11 Å². The lowest BCUT2D eigenvalue weighted by Crippen LogP contribution is -2.44. The van der Waals surface area contributed by atoms with Gasteiger partial charge in [-0.25, -0.2) is 0 Å². The van der Waals surface area contributed by atoms with Crippen molar-refractivity contribution in [1.82, 2.24) is 10.2 Å². The second-order valence-corrected chi connectivity index (χ2v) is 5.42. The molecule has 0 bridgehead atoms. The van der Waals surface area contributed by atoms with Crippen molar-refractivity contribution in [3.63, 3.8) is 0 Å². The minimum atomic E-state index is 0.839. The van der Waals surface area contributed by atoms with E-state index in [0.717, 1.165) is 61.6 Å². The summed E-state index contributed by atoms with van der Waals surface area (Å²) in [5.74, 6) is 1.77. The van der Waals surface area contributed by atoms with Gasteiger partial charge in [0.1, 0.15) is 5.76 Å². The van der Waals surface area contributed by atoms with Crippen LogP contribution in [0.5, 0.6) is 5.75 Å². The summed E-state index contributed by atoms with van der Waals surface area (Å²) in [4.78, 5) is 2.51. The van der Waals surface area contributed by atoms with E-state index >= 15 is 0 Å². The van der Waals surface area contributed by atoms with Crippen LogP contribution in [-0.4, -0.2) is 44.7 Å². The summed E-state index contributed by atoms with van der Waals surface area (Å²) in [6, 6.07) is 6.40. The van der Waals surface area contributed by atoms with Gasteiger partial charge in [-0.05, 0) is 37.1 Å². The first-order chi connectivity index (χ1) is 9.76. The Kier molecular flexibility index (Phi) is 3.94. The molecule has 1 fully saturated rings. The van der Waals surface area contributed by atoms with Gasteiger partial charge in [-0.2, -0.15) is 0 Å². The third-order valence-electron chi connectivity index (χ3n) is 3.91. The first-order valence-corrected chi connectivity index (χ1v) is 7.26. The van der Waals surface area contributed by atoms with E-state index in [-0.39, 0.29) is 0 Å². The summed E-state index contributed by atoms with van der Waals surface area (Å²) in [7, 11) is 1.70. The largest absolute Gasteiger partial charge is 0.493 e. The molecule has 0 aliphatic carbocycles. The predicted octanol–water partition coefficient (Wildman–Crippen LogP) is 2.20. The van der Waals surface area contributed by atoms with E-state index < -0.39 is 0 Å². The topological polar surface area (TPSA) is 37.6 Å². The molecular weight excluding hydrogens is 252 g/mol. The Morgan fingerprint density at radius 2 is 2.05 bits per heavy atom. The number of nitrogens with zero attached hydrogens (tertiary/aromatic N) is 1. The van der Waals surface area contributed by atoms with Crippen LogP contribution < -0.4 is 10.1 Å². The van der Waals surface area contributed by atoms with Gasteiger partial charge in [0.05, 0.1) is 7.11 Å². The third kappa shape index (κ3) is 2.81. The van der Waals surface area contributed by atoms with Gasteiger partial charge in [0.2, 0.25) is 0 Å². The standard InChI is InChI=1S/C16H22N2O2/c1-12-9-14-10-13(11-15(19-2)16(14)20-12)3-6-18-7-4-17-5-8-18/h9-11,17H,3-8H2,1-2H3. The van der Waals surface area contributed by atoms with Gasteiger partial charge in [0, 0.05) is 38.1 Å². The minimum Gasteiger partial charge on any atom is -0.493 e. The number of piperazine rings is 1. The molecule has 0 saturated carbocycles. The molecule has 1 saturated heterocycles. The molecule has 1 aliphatic heterocycles. The molecule has 2 aromatic rings. The number of nitrogens with one attached hydrogen (secondary N) is 1. The molecule has 0 atom stereocenters. The van der Waals surface area contributed by atoms with Gasteiger partial charge in [-0.3, -0.25) is 0 Å². The smallest absolute Gasteiger partial charge is 0.176 e. The second kappa shape index (κ2) is 5.85. The number of hydrogen-bond donors (Lipinski definition) is 1. The van der Waals surface area contributed by atoms with E-state index in [2.05, 4.69) is 28.4 Å². The average Bonchev–Trinajstić information content (AvgIpc) is 2.85. The first-order valence-electron chi connectivity index (χ1n) is 7.26. The Morgan fingerprint density at radius 1 is 1.25 bits per heavy atom. The maximum absolute atomic E-state index is 5.70. The predicted molar refractivity (Wildman–Crippen MR) is 80.5 cm³/mol. The van der Waals surface area contributed by atoms with Gasteiger partial charge < -0.3 is 19.4 Å². The van der Waals surface area contributed by atoms with Crippen molar-refractivity contribution in [1.29, 1.82) is 0 Å². The van der Waals surface area contributed by atoms with Crippen molar-refractivity contribution in [2.45, 2.75) is 13.3 Å². The maximum atomic E-state index is 5.70. The van der Waals surface area contributed by atoms with Crippen LogP contribution in [0.1, 0.15) is 11.3 Å². The lowest BCUT2D eigenvalue weighted by atomic mass is 10.1. The minimum absolute atomic E-state index is 0.839. The summed E-state index contributed by atoms with van der Waals surface area (Å²) < 4.78 is 11.2. The number of fused-ring (bicyclic) bond motifs is 1. The van der Waals surface area contributed by atoms with Crippen molar-refractivity contribution in [2.24, 2.45) is 0 Å². The van der Waals surface area contributed by atoms with E-state index in [4.69, 9.17) is 9.15 Å². The Hall–Kier alpha value is -1.52. The summed E-state index contributed by atoms with van der Waals surface area (Å²) in [5, 5.41) is 4.52. The molecule has 1 N–H and O–H groups in total. The van der Waals surface area contributed by atoms with Crippen LogP contribution in [0.4, 0.5) is 0 Å². The van der Waals surface area contributed by atoms with E-state index in [9.17, 15) is 0 Å². The van der Waals surface area contributed by atoms with Crippen LogP contribution in [0.25, 0.3) is 11.0 Å². The Labute approximate surface area is 119 Å². The number of ether oxygens (including phenoxy) is 1. The zero-order chi connectivity index (χ0) is 13.9. The lowest BCUT2D eigenvalue weighted by Gasteiger charge is -2.27. The SMILES string of the molecule is COc1cc(CCN2CCNCC2)cc2cc(C)oc12. The highest BCUT2D eigenvalue weighted by molar-refractivity contribution is 5.84. The van der Waals surface area contributed by atoms with Crippen molar-refractivity contribution >= 4 is 11.0 Å². The molecular formula is C16H22N2O2. The average molecular weight is 274 g/mol. The highest BCUT2D eigenvalue weighted by Gasteiger charge is 2.12. The monoisotopic (exact) mass is 274 g/mol. The number of methoxy groups -OCH3 is 1. The highest BCUT2D eigenvalue weighted by Crippen LogP contribution is 2.30. The summed E-state index contributed by atoms with van der Waals surface area (Å²) in [6.45, 7) is 7.56. The zero-order valence-corrected chi connectivity index (χ0v) is 12.2. The van der Waals surface area contributed by atoms with Crippen molar-refractivity contribution in [3.8, 4) is 5.75 Å². The van der Waals surface area contributed by atoms with Crippen molar-refractivity contribution in [3.05, 3.63) is 29.5 Å². The fraction of sp³-hybridized carbons (Fsp3) is 0.500. The number of aryl methyl sites for hydroxylation is 1. The molecule has 0 amide bonds. The lowest BCUT2D eigenvalue weighted by molar-refractivity contribution is 0.244. The zero-order valence-electron chi connectivity index (χ0n) is 12.2. The van der Waals surface area contributed by atoms with Gasteiger partial charge in [0.15, 0.2) is 11.3 Å². The third-order valence-corrected chi connectivity index (χ3v) is 3.91. The molecule has 4 nitrogen and oxygen atoms in total. The molecule has 0 spiro atoms. The second-order valence-electron chi connectivity index (χ2n) is 5.42. The molecule has 3 rings (SSSR count). The van der Waals surface area contributed by atoms with Crippen molar-refractivity contribution in [2.75, 3.05) is 39.8 Å². The Morgan fingerprint density at radius 3 is 2.80 bits per heavy atom. The number of benzene rings is 1. The maximum Gasteiger partial charge on any atom is 0.176 e. The van der Waals surface area contributed by atoms with Gasteiger partial charge >= 0.3 is 0 Å². The molecule has 1 aromatic heterocycles. The van der Waals surface area contributed by atoms with Gasteiger partial charge in [0.25, 0.3) is 0 Å². The van der Waals surface area contributed by atoms with Crippen molar-refractivity contribution < 1.29 is 9.15 Å². The van der Waals surface area contributed by atoms with E-state index in [1.165, 1.54) is 5.56 Å². The molecule has 1 aromatic carbocycles. The molecule has 20 heavy (non-hydrogen) atoms. The first kappa shape index (κ1) is 13.5. The van der Waals surface area contributed by atoms with Crippen LogP contribution in [0.2, 0.25) is 0 Å². The number of furan rings is 1. The van der Waals surface area contributed by atoms with E-state index in [0.29, 0.717) is 0 Å². The van der Waals surface area contributed by atoms with E-state index in [1.807, 2.05) is 6.92 Å². The van der Waals surface area contributed by atoms with Crippen LogP contribution in [0.3, 0.4) is 0 Å². The number of rotatable bonds is 4. The molecule has 0 radical (unpaired) electrons. The van der Waals surface area contributed by atoms with Crippen LogP contribution >= 0.6 is 0 Å². The Bertz CT molecular complexity index is 585. The van der Waals surface area contributed by atoms with Crippen LogP contribution in [0.15, 0.2) is 22.6 Å². The summed E-state index contributed by atoms with van der Waals surface area (Å²) in [6.07, 6.45) is 1.05. The fourth-order valence-electron chi connectivity index (χ4n) is 2.83.